The molecule has 17 nitrogen and oxygen atoms in total. The van der Waals surface area contributed by atoms with Crippen molar-refractivity contribution >= 4 is 47.1 Å². The number of carbonyl (C=O) groups excluding carboxylic acids is 2. The van der Waals surface area contributed by atoms with Gasteiger partial charge in [0.05, 0.1) is 39.8 Å². The van der Waals surface area contributed by atoms with Crippen molar-refractivity contribution in [2.45, 2.75) is 6.42 Å². The summed E-state index contributed by atoms with van der Waals surface area (Å²) in [7, 11) is 4.91. The summed E-state index contributed by atoms with van der Waals surface area (Å²) in [5.41, 5.74) is -1.17. The molecular weight excluding hydrogens is 734 g/mol. The first kappa shape index (κ1) is 46.9. The summed E-state index contributed by atoms with van der Waals surface area (Å²) in [5.74, 6) is -7.57. The topological polar surface area (TPSA) is 274 Å². The molecule has 0 aliphatic heterocycles. The number of carboxylic acid groups (broad SMARTS) is 4. The van der Waals surface area contributed by atoms with Crippen molar-refractivity contribution in [3.05, 3.63) is 105 Å². The molecule has 272 valence electrons. The SMILES string of the molecule is COc1ccc(C(=O)Nc2cc(Cc3cc(NC(=O)c4ccc(OC)c(C(=O)O)c4)c(OC)c(C(=O)O)c3)cc(C(=O)O)c2OC)cc1C(=O)O.[Na+].[Na+].[OH-]. The maximum Gasteiger partial charge on any atom is 1.00 e. The molecule has 4 rings (SSSR count). The molecule has 0 fully saturated rings. The first-order valence-electron chi connectivity index (χ1n) is 14.6. The third-order valence-electron chi connectivity index (χ3n) is 7.46. The minimum Gasteiger partial charge on any atom is -0.870 e. The zero-order chi connectivity index (χ0) is 37.6. The van der Waals surface area contributed by atoms with Gasteiger partial charge in [-0.2, -0.15) is 0 Å². The van der Waals surface area contributed by atoms with E-state index in [0.717, 1.165) is 12.1 Å². The standard InChI is InChI=1S/C35H30N2O14.2Na.H2O/c1-48-26-7-5-18(14-20(26)32(40)41)30(38)36-24-12-16(10-22(34(44)45)28(24)50-3)9-17-11-23(35(46)47)29(51-4)25(13-17)37-31(39)19-6-8-27(49-2)21(15-19)33(42)43;;;/h5-8,10-15H,9H2,1-4H3,(H,36,38)(H,37,39)(H,40,41)(H,42,43)(H,44,45)(H,46,47);;;1H2/q;2*+1;/p-1. The number of benzene rings is 4. The van der Waals surface area contributed by atoms with E-state index in [1.165, 1.54) is 77.0 Å². The summed E-state index contributed by atoms with van der Waals surface area (Å²) in [5, 5.41) is 44.1. The zero-order valence-corrected chi connectivity index (χ0v) is 33.8. The Balaban J connectivity index is 0.00000486. The molecule has 0 heterocycles. The number of carbonyl (C=O) groups is 6. The monoisotopic (exact) mass is 765 g/mol. The predicted molar refractivity (Wildman–Crippen MR) is 180 cm³/mol. The Morgan fingerprint density at radius 2 is 0.833 bits per heavy atom. The summed E-state index contributed by atoms with van der Waals surface area (Å²) >= 11 is 0. The number of nitrogens with one attached hydrogen (secondary N) is 2. The smallest absolute Gasteiger partial charge is 0.870 e. The van der Waals surface area contributed by atoms with E-state index in [0.29, 0.717) is 0 Å². The number of carboxylic acids is 4. The number of ether oxygens (including phenoxy) is 4. The van der Waals surface area contributed by atoms with Gasteiger partial charge in [-0.1, -0.05) is 0 Å². The van der Waals surface area contributed by atoms with E-state index < -0.39 is 35.7 Å². The quantitative estimate of drug-likeness (QED) is 0.0793. The molecule has 0 saturated heterocycles. The first-order valence-corrected chi connectivity index (χ1v) is 14.6. The maximum absolute atomic E-state index is 13.2. The molecule has 4 aromatic rings. The van der Waals surface area contributed by atoms with E-state index in [2.05, 4.69) is 10.6 Å². The minimum atomic E-state index is -1.42. The van der Waals surface area contributed by atoms with Gasteiger partial charge >= 0.3 is 83.0 Å². The number of methoxy groups -OCH3 is 4. The second kappa shape index (κ2) is 20.4. The summed E-state index contributed by atoms with van der Waals surface area (Å²) in [6.07, 6.45) is -0.141. The van der Waals surface area contributed by atoms with Crippen LogP contribution in [0, 0.1) is 0 Å². The fraction of sp³-hybridized carbons (Fsp3) is 0.143. The number of aromatic carboxylic acids is 4. The minimum absolute atomic E-state index is 0. The summed E-state index contributed by atoms with van der Waals surface area (Å²) in [6.45, 7) is 0. The second-order valence-corrected chi connectivity index (χ2v) is 10.6. The molecule has 19 heteroatoms. The van der Waals surface area contributed by atoms with Crippen LogP contribution in [-0.2, 0) is 6.42 Å². The third-order valence-corrected chi connectivity index (χ3v) is 7.46. The Labute approximate surface area is 351 Å². The third kappa shape index (κ3) is 10.5. The summed E-state index contributed by atoms with van der Waals surface area (Å²) < 4.78 is 20.7. The van der Waals surface area contributed by atoms with E-state index in [-0.39, 0.29) is 150 Å². The molecule has 0 saturated carbocycles. The van der Waals surface area contributed by atoms with Gasteiger partial charge in [-0.05, 0) is 78.2 Å². The number of anilines is 2. The Bertz CT molecular complexity index is 1960. The van der Waals surface area contributed by atoms with Gasteiger partial charge in [0.15, 0.2) is 11.5 Å². The fourth-order valence-electron chi connectivity index (χ4n) is 5.18. The van der Waals surface area contributed by atoms with E-state index in [4.69, 9.17) is 18.9 Å². The van der Waals surface area contributed by atoms with E-state index in [9.17, 15) is 49.2 Å². The van der Waals surface area contributed by atoms with E-state index in [1.807, 2.05) is 0 Å². The van der Waals surface area contributed by atoms with Crippen LogP contribution in [0.25, 0.3) is 0 Å². The molecule has 7 N–H and O–H groups in total. The molecule has 0 aliphatic rings. The second-order valence-electron chi connectivity index (χ2n) is 10.6. The van der Waals surface area contributed by atoms with Gasteiger partial charge in [-0.25, -0.2) is 19.2 Å². The molecule has 0 bridgehead atoms. The molecule has 0 unspecified atom stereocenters. The van der Waals surface area contributed by atoms with Gasteiger partial charge < -0.3 is 55.5 Å². The average molecular weight is 766 g/mol. The number of hydrogen-bond acceptors (Lipinski definition) is 11. The Morgan fingerprint density at radius 1 is 0.500 bits per heavy atom. The van der Waals surface area contributed by atoms with Crippen molar-refractivity contribution in [2.24, 2.45) is 0 Å². The Kier molecular flexibility index (Phi) is 17.7. The zero-order valence-electron chi connectivity index (χ0n) is 29.8. The summed E-state index contributed by atoms with van der Waals surface area (Å²) in [6, 6.07) is 12.6. The molecule has 0 spiro atoms. The van der Waals surface area contributed by atoms with Crippen LogP contribution >= 0.6 is 0 Å². The molecule has 0 aliphatic carbocycles. The summed E-state index contributed by atoms with van der Waals surface area (Å²) in [4.78, 5) is 74.4. The van der Waals surface area contributed by atoms with Crippen molar-refractivity contribution in [1.29, 1.82) is 0 Å². The van der Waals surface area contributed by atoms with E-state index in [1.54, 1.807) is 0 Å². The van der Waals surface area contributed by atoms with Crippen LogP contribution in [0.5, 0.6) is 23.0 Å². The molecule has 0 aromatic heterocycles. The molecule has 2 amide bonds. The number of rotatable bonds is 14. The molecule has 0 atom stereocenters. The molecular formula is C35H31N2Na2O15+. The van der Waals surface area contributed by atoms with Crippen molar-refractivity contribution < 1.29 is 133 Å². The largest absolute Gasteiger partial charge is 1.00 e. The van der Waals surface area contributed by atoms with Crippen LogP contribution in [0.2, 0.25) is 0 Å². The van der Waals surface area contributed by atoms with Gasteiger partial charge in [0.1, 0.15) is 33.8 Å². The normalized spacial score (nSPS) is 9.85. The first-order chi connectivity index (χ1) is 24.2. The van der Waals surface area contributed by atoms with Crippen LogP contribution in [0.3, 0.4) is 0 Å². The van der Waals surface area contributed by atoms with Crippen molar-refractivity contribution in [3.63, 3.8) is 0 Å². The van der Waals surface area contributed by atoms with Crippen molar-refractivity contribution in [2.75, 3.05) is 39.1 Å². The van der Waals surface area contributed by atoms with Crippen LogP contribution in [-0.4, -0.2) is 90.0 Å². The van der Waals surface area contributed by atoms with Gasteiger partial charge in [0.2, 0.25) is 0 Å². The van der Waals surface area contributed by atoms with Crippen LogP contribution in [0.15, 0.2) is 60.7 Å². The van der Waals surface area contributed by atoms with Gasteiger partial charge in [-0.3, -0.25) is 9.59 Å². The number of hydrogen-bond donors (Lipinski definition) is 6. The number of amides is 2. The van der Waals surface area contributed by atoms with Crippen molar-refractivity contribution in [1.82, 2.24) is 0 Å². The van der Waals surface area contributed by atoms with Crippen LogP contribution in [0.4, 0.5) is 11.4 Å². The Hall–Kier alpha value is -5.14. The predicted octanol–water partition coefficient (Wildman–Crippen LogP) is -1.56. The van der Waals surface area contributed by atoms with E-state index >= 15 is 0 Å². The fourth-order valence-corrected chi connectivity index (χ4v) is 5.18. The molecule has 0 radical (unpaired) electrons. The van der Waals surface area contributed by atoms with Crippen molar-refractivity contribution in [3.8, 4) is 23.0 Å². The van der Waals surface area contributed by atoms with Crippen LogP contribution in [0.1, 0.15) is 73.3 Å². The van der Waals surface area contributed by atoms with Gasteiger partial charge in [-0.15, -0.1) is 0 Å². The van der Waals surface area contributed by atoms with Crippen LogP contribution < -0.4 is 88.7 Å². The van der Waals surface area contributed by atoms with Gasteiger partial charge in [0, 0.05) is 11.1 Å². The van der Waals surface area contributed by atoms with Gasteiger partial charge in [0.25, 0.3) is 11.8 Å². The average Bonchev–Trinajstić information content (AvgIpc) is 3.10. The Morgan fingerprint density at radius 3 is 1.11 bits per heavy atom. The molecule has 4 aromatic carbocycles. The maximum atomic E-state index is 13.2. The molecule has 54 heavy (non-hydrogen) atoms.